The first kappa shape index (κ1) is 16.9. The third-order valence-electron chi connectivity index (χ3n) is 3.31. The van der Waals surface area contributed by atoms with Crippen LogP contribution in [-0.2, 0) is 0 Å². The van der Waals surface area contributed by atoms with Crippen molar-refractivity contribution in [1.82, 2.24) is 10.6 Å². The maximum Gasteiger partial charge on any atom is 0.283 e. The zero-order valence-electron chi connectivity index (χ0n) is 11.2. The van der Waals surface area contributed by atoms with Gasteiger partial charge in [0.05, 0.1) is 14.7 Å². The molecule has 1 amide bonds. The van der Waals surface area contributed by atoms with Crippen LogP contribution in [0.1, 0.15) is 27.4 Å². The minimum atomic E-state index is -0.452. The number of nitrogens with one attached hydrogen (secondary N) is 2. The van der Waals surface area contributed by atoms with Gasteiger partial charge in [0.25, 0.3) is 11.6 Å². The van der Waals surface area contributed by atoms with Crippen molar-refractivity contribution in [2.45, 2.75) is 19.8 Å². The molecular weight excluding hydrogens is 302 g/mol. The first-order chi connectivity index (χ1) is 9.08. The van der Waals surface area contributed by atoms with E-state index in [2.05, 4.69) is 10.6 Å². The molecule has 1 fully saturated rings. The van der Waals surface area contributed by atoms with Crippen molar-refractivity contribution in [3.63, 3.8) is 0 Å². The summed E-state index contributed by atoms with van der Waals surface area (Å²) in [6, 6.07) is 1.35. The van der Waals surface area contributed by atoms with Crippen molar-refractivity contribution < 1.29 is 9.72 Å². The van der Waals surface area contributed by atoms with Crippen LogP contribution in [0.5, 0.6) is 0 Å². The summed E-state index contributed by atoms with van der Waals surface area (Å²) in [5.74, 6) is 0.409. The Morgan fingerprint density at radius 2 is 2.40 bits per heavy atom. The molecule has 1 aliphatic heterocycles. The van der Waals surface area contributed by atoms with Gasteiger partial charge in [-0.3, -0.25) is 14.9 Å². The van der Waals surface area contributed by atoms with E-state index >= 15 is 0 Å². The van der Waals surface area contributed by atoms with Crippen LogP contribution < -0.4 is 10.6 Å². The largest absolute Gasteiger partial charge is 0.351 e. The second-order valence-electron chi connectivity index (χ2n) is 4.71. The highest BCUT2D eigenvalue weighted by Gasteiger charge is 2.20. The lowest BCUT2D eigenvalue weighted by Crippen LogP contribution is -2.25. The second-order valence-corrected chi connectivity index (χ2v) is 5.97. The van der Waals surface area contributed by atoms with E-state index in [1.165, 1.54) is 17.4 Å². The maximum absolute atomic E-state index is 11.9. The molecule has 6 nitrogen and oxygen atoms in total. The topological polar surface area (TPSA) is 84.3 Å². The van der Waals surface area contributed by atoms with E-state index in [-0.39, 0.29) is 24.0 Å². The Bertz CT molecular complexity index is 486. The molecule has 0 aromatic carbocycles. The number of aryl methyl sites for hydroxylation is 1. The van der Waals surface area contributed by atoms with Crippen molar-refractivity contribution in [2.75, 3.05) is 19.6 Å². The summed E-state index contributed by atoms with van der Waals surface area (Å²) in [6.45, 7) is 4.34. The molecule has 20 heavy (non-hydrogen) atoms. The number of hydrogen-bond donors (Lipinski definition) is 2. The molecule has 1 unspecified atom stereocenters. The smallest absolute Gasteiger partial charge is 0.283 e. The van der Waals surface area contributed by atoms with Gasteiger partial charge in [0.15, 0.2) is 0 Å². The molecule has 8 heteroatoms. The molecule has 1 aromatic heterocycles. The predicted octanol–water partition coefficient (Wildman–Crippen LogP) is 2.12. The molecule has 2 rings (SSSR count). The number of nitrogens with zero attached hydrogens (tertiary/aromatic N) is 1. The number of hydrogen-bond acceptors (Lipinski definition) is 5. The summed E-state index contributed by atoms with van der Waals surface area (Å²) in [7, 11) is 0. The number of nitro groups is 1. The van der Waals surface area contributed by atoms with E-state index in [0.717, 1.165) is 25.9 Å². The van der Waals surface area contributed by atoms with E-state index in [1.54, 1.807) is 6.92 Å². The van der Waals surface area contributed by atoms with Crippen LogP contribution >= 0.6 is 23.7 Å². The summed E-state index contributed by atoms with van der Waals surface area (Å²) in [4.78, 5) is 23.1. The second kappa shape index (κ2) is 7.56. The van der Waals surface area contributed by atoms with E-state index < -0.39 is 4.92 Å². The molecule has 0 radical (unpaired) electrons. The zero-order chi connectivity index (χ0) is 13.8. The summed E-state index contributed by atoms with van der Waals surface area (Å²) in [6.07, 6.45) is 2.10. The molecule has 2 heterocycles. The Kier molecular flexibility index (Phi) is 6.38. The molecule has 0 aliphatic carbocycles. The van der Waals surface area contributed by atoms with E-state index in [0.29, 0.717) is 22.2 Å². The fourth-order valence-corrected chi connectivity index (χ4v) is 3.11. The number of carbonyl (C=O) groups excluding carboxylic acids is 1. The molecule has 1 aromatic rings. The van der Waals surface area contributed by atoms with E-state index in [1.807, 2.05) is 0 Å². The highest BCUT2D eigenvalue weighted by molar-refractivity contribution is 7.14. The number of carbonyl (C=O) groups is 1. The van der Waals surface area contributed by atoms with Gasteiger partial charge in [0, 0.05) is 12.6 Å². The molecule has 112 valence electrons. The Balaban J connectivity index is 0.00000200. The van der Waals surface area contributed by atoms with Gasteiger partial charge in [-0.2, -0.15) is 0 Å². The van der Waals surface area contributed by atoms with Crippen LogP contribution in [0, 0.1) is 23.0 Å². The molecule has 0 saturated carbocycles. The van der Waals surface area contributed by atoms with Gasteiger partial charge in [-0.25, -0.2) is 0 Å². The molecule has 0 bridgehead atoms. The van der Waals surface area contributed by atoms with Crippen molar-refractivity contribution in [3.05, 3.63) is 25.9 Å². The zero-order valence-corrected chi connectivity index (χ0v) is 12.8. The highest BCUT2D eigenvalue weighted by atomic mass is 35.5. The predicted molar refractivity (Wildman–Crippen MR) is 80.9 cm³/mol. The molecule has 1 atom stereocenters. The van der Waals surface area contributed by atoms with Crippen LogP contribution in [-0.4, -0.2) is 30.5 Å². The van der Waals surface area contributed by atoms with Gasteiger partial charge in [0.1, 0.15) is 0 Å². The third-order valence-corrected chi connectivity index (χ3v) is 4.35. The fourth-order valence-electron chi connectivity index (χ4n) is 2.20. The minimum absolute atomic E-state index is 0. The quantitative estimate of drug-likeness (QED) is 0.643. The molecule has 0 spiro atoms. The first-order valence-corrected chi connectivity index (χ1v) is 7.13. The lowest BCUT2D eigenvalue weighted by Gasteiger charge is -2.08. The lowest BCUT2D eigenvalue weighted by atomic mass is 10.1. The number of thiophene rings is 1. The van der Waals surface area contributed by atoms with Crippen LogP contribution in [0.2, 0.25) is 0 Å². The van der Waals surface area contributed by atoms with Gasteiger partial charge in [-0.1, -0.05) is 0 Å². The maximum atomic E-state index is 11.9. The lowest BCUT2D eigenvalue weighted by molar-refractivity contribution is -0.385. The van der Waals surface area contributed by atoms with E-state index in [4.69, 9.17) is 0 Å². The number of amides is 1. The van der Waals surface area contributed by atoms with Crippen molar-refractivity contribution in [1.29, 1.82) is 0 Å². The molecule has 2 N–H and O–H groups in total. The first-order valence-electron chi connectivity index (χ1n) is 6.31. The summed E-state index contributed by atoms with van der Waals surface area (Å²) < 4.78 is 0. The summed E-state index contributed by atoms with van der Waals surface area (Å²) >= 11 is 1.17. The molecular formula is C12H18ClN3O3S. The van der Waals surface area contributed by atoms with Gasteiger partial charge < -0.3 is 10.6 Å². The monoisotopic (exact) mass is 319 g/mol. The van der Waals surface area contributed by atoms with Gasteiger partial charge in [0.2, 0.25) is 0 Å². The highest BCUT2D eigenvalue weighted by Crippen LogP contribution is 2.27. The Hall–Kier alpha value is -1.18. The summed E-state index contributed by atoms with van der Waals surface area (Å²) in [5.41, 5.74) is 0.0233. The van der Waals surface area contributed by atoms with Gasteiger partial charge >= 0.3 is 0 Å². The van der Waals surface area contributed by atoms with Crippen LogP contribution in [0.15, 0.2) is 6.07 Å². The fraction of sp³-hybridized carbons (Fsp3) is 0.583. The standard InChI is InChI=1S/C12H17N3O3S.ClH/c1-8-10(15(17)18)6-11(19-8)12(16)14-5-3-9-2-4-13-7-9;/h6,9,13H,2-5,7H2,1H3,(H,14,16);1H. The average molecular weight is 320 g/mol. The van der Waals surface area contributed by atoms with Crippen molar-refractivity contribution >= 4 is 35.3 Å². The van der Waals surface area contributed by atoms with Crippen molar-refractivity contribution in [2.24, 2.45) is 5.92 Å². The minimum Gasteiger partial charge on any atom is -0.351 e. The Morgan fingerprint density at radius 3 is 2.95 bits per heavy atom. The normalized spacial score (nSPS) is 17.6. The Morgan fingerprint density at radius 1 is 1.65 bits per heavy atom. The van der Waals surface area contributed by atoms with Gasteiger partial charge in [-0.05, 0) is 38.8 Å². The van der Waals surface area contributed by atoms with Gasteiger partial charge in [-0.15, -0.1) is 23.7 Å². The number of halogens is 1. The van der Waals surface area contributed by atoms with Crippen molar-refractivity contribution in [3.8, 4) is 0 Å². The van der Waals surface area contributed by atoms with Crippen LogP contribution in [0.25, 0.3) is 0 Å². The Labute approximate surface area is 127 Å². The van der Waals surface area contributed by atoms with Crippen LogP contribution in [0.3, 0.4) is 0 Å². The summed E-state index contributed by atoms with van der Waals surface area (Å²) in [5, 5.41) is 16.8. The van der Waals surface area contributed by atoms with E-state index in [9.17, 15) is 14.9 Å². The number of rotatable bonds is 5. The SMILES string of the molecule is Cc1sc(C(=O)NCCC2CCNC2)cc1[N+](=O)[O-].Cl. The van der Waals surface area contributed by atoms with Crippen LogP contribution in [0.4, 0.5) is 5.69 Å². The molecule has 1 aliphatic rings. The third kappa shape index (κ3) is 4.16. The average Bonchev–Trinajstić information content (AvgIpc) is 2.98. The molecule has 1 saturated heterocycles.